The van der Waals surface area contributed by atoms with Gasteiger partial charge in [-0.05, 0) is 49.3 Å². The van der Waals surface area contributed by atoms with Crippen LogP contribution in [0.3, 0.4) is 0 Å². The van der Waals surface area contributed by atoms with Crippen LogP contribution < -0.4 is 4.90 Å². The normalized spacial score (nSPS) is 20.1. The van der Waals surface area contributed by atoms with Crippen LogP contribution in [0.4, 0.5) is 5.69 Å². The Balaban J connectivity index is 1.98. The molecule has 1 aliphatic heterocycles. The van der Waals surface area contributed by atoms with Gasteiger partial charge < -0.3 is 10.0 Å². The molecule has 2 fully saturated rings. The minimum atomic E-state index is -0.728. The zero-order valence-electron chi connectivity index (χ0n) is 11.5. The Kier molecular flexibility index (Phi) is 3.88. The molecule has 0 amide bonds. The van der Waals surface area contributed by atoms with Gasteiger partial charge in [-0.2, -0.15) is 0 Å². The molecule has 1 unspecified atom stereocenters. The van der Waals surface area contributed by atoms with E-state index in [0.717, 1.165) is 42.2 Å². The number of hydrogen-bond donors (Lipinski definition) is 1. The van der Waals surface area contributed by atoms with Crippen molar-refractivity contribution in [2.75, 3.05) is 18.0 Å². The van der Waals surface area contributed by atoms with E-state index in [-0.39, 0.29) is 12.3 Å². The number of carboxylic acid groups (broad SMARTS) is 1. The molecule has 1 N–H and O–H groups in total. The van der Waals surface area contributed by atoms with Crippen molar-refractivity contribution in [1.82, 2.24) is 0 Å². The van der Waals surface area contributed by atoms with E-state index in [2.05, 4.69) is 11.0 Å². The fraction of sp³-hybridized carbons (Fsp3) is 0.562. The Morgan fingerprint density at radius 1 is 1.35 bits per heavy atom. The highest BCUT2D eigenvalue weighted by molar-refractivity contribution is 6.31. The van der Waals surface area contributed by atoms with E-state index in [4.69, 9.17) is 11.6 Å². The van der Waals surface area contributed by atoms with E-state index in [1.807, 2.05) is 12.1 Å². The molecule has 4 heteroatoms. The SMILES string of the molecule is O=C(O)CC(c1c(Cl)cccc1N1CCCC1)C1CC1. The maximum Gasteiger partial charge on any atom is 0.303 e. The van der Waals surface area contributed by atoms with Crippen LogP contribution in [-0.4, -0.2) is 24.2 Å². The minimum absolute atomic E-state index is 0.0665. The molecule has 3 nitrogen and oxygen atoms in total. The lowest BCUT2D eigenvalue weighted by Crippen LogP contribution is -2.21. The van der Waals surface area contributed by atoms with Crippen molar-refractivity contribution >= 4 is 23.3 Å². The Labute approximate surface area is 124 Å². The summed E-state index contributed by atoms with van der Waals surface area (Å²) in [6.07, 6.45) is 4.86. The molecule has 3 rings (SSSR count). The lowest BCUT2D eigenvalue weighted by atomic mass is 9.89. The molecular formula is C16H20ClNO2. The van der Waals surface area contributed by atoms with E-state index >= 15 is 0 Å². The number of rotatable bonds is 5. The maximum absolute atomic E-state index is 11.2. The van der Waals surface area contributed by atoms with Crippen molar-refractivity contribution in [1.29, 1.82) is 0 Å². The van der Waals surface area contributed by atoms with Crippen molar-refractivity contribution in [2.24, 2.45) is 5.92 Å². The van der Waals surface area contributed by atoms with Gasteiger partial charge in [-0.1, -0.05) is 17.7 Å². The molecule has 1 aromatic rings. The summed E-state index contributed by atoms with van der Waals surface area (Å²) >= 11 is 6.44. The Bertz CT molecular complexity index is 507. The number of benzene rings is 1. The quantitative estimate of drug-likeness (QED) is 0.895. The van der Waals surface area contributed by atoms with Gasteiger partial charge >= 0.3 is 5.97 Å². The maximum atomic E-state index is 11.2. The molecule has 1 aromatic carbocycles. The lowest BCUT2D eigenvalue weighted by Gasteiger charge is -2.26. The topological polar surface area (TPSA) is 40.5 Å². The zero-order chi connectivity index (χ0) is 14.1. The molecule has 108 valence electrons. The number of carbonyl (C=O) groups is 1. The van der Waals surface area contributed by atoms with Gasteiger partial charge in [0.05, 0.1) is 6.42 Å². The van der Waals surface area contributed by atoms with Gasteiger partial charge in [-0.15, -0.1) is 0 Å². The Morgan fingerprint density at radius 2 is 2.05 bits per heavy atom. The highest BCUT2D eigenvalue weighted by Crippen LogP contribution is 2.49. The summed E-state index contributed by atoms with van der Waals surface area (Å²) in [4.78, 5) is 13.6. The molecule has 1 atom stereocenters. The van der Waals surface area contributed by atoms with Crippen LogP contribution in [0.15, 0.2) is 18.2 Å². The molecule has 1 aliphatic carbocycles. The summed E-state index contributed by atoms with van der Waals surface area (Å²) < 4.78 is 0. The molecule has 0 radical (unpaired) electrons. The number of nitrogens with zero attached hydrogens (tertiary/aromatic N) is 1. The molecule has 0 bridgehead atoms. The van der Waals surface area contributed by atoms with Gasteiger partial charge in [-0.3, -0.25) is 4.79 Å². The molecular weight excluding hydrogens is 274 g/mol. The fourth-order valence-electron chi connectivity index (χ4n) is 3.32. The van der Waals surface area contributed by atoms with Crippen LogP contribution in [-0.2, 0) is 4.79 Å². The molecule has 0 aromatic heterocycles. The first kappa shape index (κ1) is 13.7. The zero-order valence-corrected chi connectivity index (χ0v) is 12.3. The van der Waals surface area contributed by atoms with Gasteiger partial charge in [0.1, 0.15) is 0 Å². The van der Waals surface area contributed by atoms with E-state index in [9.17, 15) is 9.90 Å². The fourth-order valence-corrected chi connectivity index (χ4v) is 3.63. The molecule has 20 heavy (non-hydrogen) atoms. The van der Waals surface area contributed by atoms with E-state index in [1.165, 1.54) is 12.8 Å². The standard InChI is InChI=1S/C16H20ClNO2/c17-13-4-3-5-14(18-8-1-2-9-18)16(13)12(10-15(19)20)11-6-7-11/h3-5,11-12H,1-2,6-10H2,(H,19,20). The third-order valence-corrected chi connectivity index (χ3v) is 4.76. The average Bonchev–Trinajstić information content (AvgIpc) is 3.10. The second-order valence-corrected chi connectivity index (χ2v) is 6.32. The summed E-state index contributed by atoms with van der Waals surface area (Å²) in [7, 11) is 0. The summed E-state index contributed by atoms with van der Waals surface area (Å²) in [6, 6.07) is 5.97. The number of aliphatic carboxylic acids is 1. The monoisotopic (exact) mass is 293 g/mol. The molecule has 1 heterocycles. The predicted molar refractivity (Wildman–Crippen MR) is 80.6 cm³/mol. The summed E-state index contributed by atoms with van der Waals surface area (Å²) in [6.45, 7) is 2.11. The Morgan fingerprint density at radius 3 is 2.65 bits per heavy atom. The molecule has 1 saturated carbocycles. The number of halogens is 1. The van der Waals surface area contributed by atoms with E-state index in [1.54, 1.807) is 0 Å². The van der Waals surface area contributed by atoms with Crippen LogP contribution >= 0.6 is 11.6 Å². The first-order valence-corrected chi connectivity index (χ1v) is 7.80. The highest BCUT2D eigenvalue weighted by atomic mass is 35.5. The largest absolute Gasteiger partial charge is 0.481 e. The smallest absolute Gasteiger partial charge is 0.303 e. The van der Waals surface area contributed by atoms with Crippen LogP contribution in [0.25, 0.3) is 0 Å². The number of hydrogen-bond acceptors (Lipinski definition) is 2. The van der Waals surface area contributed by atoms with Crippen molar-refractivity contribution in [3.63, 3.8) is 0 Å². The average molecular weight is 294 g/mol. The van der Waals surface area contributed by atoms with Gasteiger partial charge in [-0.25, -0.2) is 0 Å². The van der Waals surface area contributed by atoms with Crippen molar-refractivity contribution in [2.45, 2.75) is 38.0 Å². The molecule has 0 spiro atoms. The van der Waals surface area contributed by atoms with Crippen LogP contribution in [0.2, 0.25) is 5.02 Å². The van der Waals surface area contributed by atoms with Crippen molar-refractivity contribution in [3.05, 3.63) is 28.8 Å². The van der Waals surface area contributed by atoms with Crippen molar-refractivity contribution < 1.29 is 9.90 Å². The Hall–Kier alpha value is -1.22. The van der Waals surface area contributed by atoms with Crippen LogP contribution in [0.1, 0.15) is 43.6 Å². The third kappa shape index (κ3) is 2.78. The van der Waals surface area contributed by atoms with Crippen LogP contribution in [0, 0.1) is 5.92 Å². The van der Waals surface area contributed by atoms with Gasteiger partial charge in [0.2, 0.25) is 0 Å². The van der Waals surface area contributed by atoms with E-state index < -0.39 is 5.97 Å². The summed E-state index contributed by atoms with van der Waals surface area (Å²) in [5.74, 6) is -0.168. The van der Waals surface area contributed by atoms with E-state index in [0.29, 0.717) is 5.92 Å². The predicted octanol–water partition coefficient (Wildman–Crippen LogP) is 3.91. The number of carboxylic acids is 1. The second-order valence-electron chi connectivity index (χ2n) is 5.91. The highest BCUT2D eigenvalue weighted by Gasteiger charge is 2.37. The first-order chi connectivity index (χ1) is 9.66. The lowest BCUT2D eigenvalue weighted by molar-refractivity contribution is -0.137. The van der Waals surface area contributed by atoms with Gasteiger partial charge in [0, 0.05) is 29.7 Å². The first-order valence-electron chi connectivity index (χ1n) is 7.42. The summed E-state index contributed by atoms with van der Waals surface area (Å²) in [5, 5.41) is 9.94. The summed E-state index contributed by atoms with van der Waals surface area (Å²) in [5.41, 5.74) is 2.23. The minimum Gasteiger partial charge on any atom is -0.481 e. The van der Waals surface area contributed by atoms with Gasteiger partial charge in [0.25, 0.3) is 0 Å². The molecule has 2 aliphatic rings. The van der Waals surface area contributed by atoms with Gasteiger partial charge in [0.15, 0.2) is 0 Å². The van der Waals surface area contributed by atoms with Crippen molar-refractivity contribution in [3.8, 4) is 0 Å². The number of anilines is 1. The second kappa shape index (κ2) is 5.65. The molecule has 1 saturated heterocycles. The third-order valence-electron chi connectivity index (χ3n) is 4.43. The van der Waals surface area contributed by atoms with Crippen LogP contribution in [0.5, 0.6) is 0 Å².